The van der Waals surface area contributed by atoms with Gasteiger partial charge in [-0.05, 0) is 37.7 Å². The molecule has 0 amide bonds. The number of hydrogen-bond acceptors (Lipinski definition) is 2. The van der Waals surface area contributed by atoms with E-state index >= 15 is 0 Å². The van der Waals surface area contributed by atoms with Gasteiger partial charge in [0.25, 0.3) is 0 Å². The zero-order valence-electron chi connectivity index (χ0n) is 10.0. The molecule has 0 aromatic heterocycles. The van der Waals surface area contributed by atoms with Crippen LogP contribution >= 0.6 is 0 Å². The summed E-state index contributed by atoms with van der Waals surface area (Å²) < 4.78 is 0. The molecule has 0 aliphatic rings. The van der Waals surface area contributed by atoms with Crippen molar-refractivity contribution in [2.45, 2.75) is 19.4 Å². The minimum absolute atomic E-state index is 0.323. The number of unbranched alkanes of at least 4 members (excludes halogenated alkanes) is 1. The molecule has 0 fully saturated rings. The van der Waals surface area contributed by atoms with Crippen molar-refractivity contribution in [3.8, 4) is 12.3 Å². The zero-order valence-corrected chi connectivity index (χ0v) is 10.0. The van der Waals surface area contributed by atoms with Crippen molar-refractivity contribution < 1.29 is 9.90 Å². The molecule has 3 nitrogen and oxygen atoms in total. The first-order valence-corrected chi connectivity index (χ1v) is 5.57. The number of carbonyl (C=O) groups is 1. The predicted octanol–water partition coefficient (Wildman–Crippen LogP) is 2.23. The van der Waals surface area contributed by atoms with Gasteiger partial charge < -0.3 is 10.0 Å². The van der Waals surface area contributed by atoms with Crippen LogP contribution in [0.2, 0.25) is 0 Å². The van der Waals surface area contributed by atoms with E-state index in [0.717, 1.165) is 31.5 Å². The van der Waals surface area contributed by atoms with E-state index in [1.54, 1.807) is 12.1 Å². The summed E-state index contributed by atoms with van der Waals surface area (Å²) in [5.74, 6) is 1.73. The van der Waals surface area contributed by atoms with Crippen LogP contribution in [0, 0.1) is 12.3 Å². The SMILES string of the molecule is C#CCCCN(C)Cc1ccc(C(=O)O)cc1. The van der Waals surface area contributed by atoms with Gasteiger partial charge >= 0.3 is 5.97 Å². The van der Waals surface area contributed by atoms with E-state index < -0.39 is 5.97 Å². The fourth-order valence-electron chi connectivity index (χ4n) is 1.59. The Hall–Kier alpha value is -1.79. The molecule has 0 unspecified atom stereocenters. The van der Waals surface area contributed by atoms with Gasteiger partial charge in [0.15, 0.2) is 0 Å². The fourth-order valence-corrected chi connectivity index (χ4v) is 1.59. The van der Waals surface area contributed by atoms with Crippen LogP contribution < -0.4 is 0 Å². The van der Waals surface area contributed by atoms with Crippen LogP contribution in [0.5, 0.6) is 0 Å². The van der Waals surface area contributed by atoms with Gasteiger partial charge in [0.2, 0.25) is 0 Å². The van der Waals surface area contributed by atoms with Crippen molar-refractivity contribution in [3.05, 3.63) is 35.4 Å². The van der Waals surface area contributed by atoms with Crippen LogP contribution in [0.4, 0.5) is 0 Å². The van der Waals surface area contributed by atoms with Crippen molar-refractivity contribution in [2.75, 3.05) is 13.6 Å². The lowest BCUT2D eigenvalue weighted by molar-refractivity contribution is 0.0697. The third kappa shape index (κ3) is 4.71. The lowest BCUT2D eigenvalue weighted by Crippen LogP contribution is -2.19. The fraction of sp³-hybridized carbons (Fsp3) is 0.357. The molecule has 1 N–H and O–H groups in total. The molecule has 1 aromatic carbocycles. The van der Waals surface area contributed by atoms with Crippen LogP contribution in [-0.4, -0.2) is 29.6 Å². The molecule has 0 aliphatic carbocycles. The van der Waals surface area contributed by atoms with Gasteiger partial charge in [-0.15, -0.1) is 12.3 Å². The average Bonchev–Trinajstić information content (AvgIpc) is 2.30. The Morgan fingerprint density at radius 1 is 1.41 bits per heavy atom. The van der Waals surface area contributed by atoms with Crippen LogP contribution in [-0.2, 0) is 6.54 Å². The van der Waals surface area contributed by atoms with Gasteiger partial charge in [0, 0.05) is 13.0 Å². The third-order valence-electron chi connectivity index (χ3n) is 2.51. The van der Waals surface area contributed by atoms with E-state index in [4.69, 9.17) is 11.5 Å². The van der Waals surface area contributed by atoms with Crippen molar-refractivity contribution in [1.82, 2.24) is 4.90 Å². The van der Waals surface area contributed by atoms with E-state index in [0.29, 0.717) is 5.56 Å². The number of aromatic carboxylic acids is 1. The Labute approximate surface area is 102 Å². The number of carboxylic acids is 1. The van der Waals surface area contributed by atoms with Crippen molar-refractivity contribution in [3.63, 3.8) is 0 Å². The number of carboxylic acid groups (broad SMARTS) is 1. The number of rotatable bonds is 6. The number of benzene rings is 1. The highest BCUT2D eigenvalue weighted by Crippen LogP contribution is 2.07. The van der Waals surface area contributed by atoms with E-state index in [1.807, 2.05) is 19.2 Å². The Morgan fingerprint density at radius 3 is 2.59 bits per heavy atom. The molecular formula is C14H17NO2. The minimum atomic E-state index is -0.890. The molecule has 0 heterocycles. The van der Waals surface area contributed by atoms with Crippen LogP contribution in [0.25, 0.3) is 0 Å². The molecule has 3 heteroatoms. The van der Waals surface area contributed by atoms with Crippen LogP contribution in [0.1, 0.15) is 28.8 Å². The maximum Gasteiger partial charge on any atom is 0.335 e. The second-order valence-electron chi connectivity index (χ2n) is 4.05. The molecule has 0 atom stereocenters. The maximum absolute atomic E-state index is 10.7. The highest BCUT2D eigenvalue weighted by atomic mass is 16.4. The second kappa shape index (κ2) is 6.72. The molecule has 1 rings (SSSR count). The molecule has 0 saturated heterocycles. The van der Waals surface area contributed by atoms with Gasteiger partial charge in [-0.1, -0.05) is 12.1 Å². The minimum Gasteiger partial charge on any atom is -0.478 e. The number of terminal acetylenes is 1. The molecule has 90 valence electrons. The zero-order chi connectivity index (χ0) is 12.7. The molecule has 0 saturated carbocycles. The van der Waals surface area contributed by atoms with Gasteiger partial charge in [-0.25, -0.2) is 4.79 Å². The maximum atomic E-state index is 10.7. The first-order chi connectivity index (χ1) is 8.13. The van der Waals surface area contributed by atoms with Gasteiger partial charge in [0.05, 0.1) is 5.56 Å². The van der Waals surface area contributed by atoms with Crippen molar-refractivity contribution in [2.24, 2.45) is 0 Å². The largest absolute Gasteiger partial charge is 0.478 e. The number of nitrogens with zero attached hydrogens (tertiary/aromatic N) is 1. The topological polar surface area (TPSA) is 40.5 Å². The van der Waals surface area contributed by atoms with E-state index in [2.05, 4.69) is 10.8 Å². The lowest BCUT2D eigenvalue weighted by Gasteiger charge is -2.15. The molecule has 0 bridgehead atoms. The monoisotopic (exact) mass is 231 g/mol. The third-order valence-corrected chi connectivity index (χ3v) is 2.51. The summed E-state index contributed by atoms with van der Waals surface area (Å²) >= 11 is 0. The van der Waals surface area contributed by atoms with Gasteiger partial charge in [0.1, 0.15) is 0 Å². The smallest absolute Gasteiger partial charge is 0.335 e. The summed E-state index contributed by atoms with van der Waals surface area (Å²) in [4.78, 5) is 12.9. The summed E-state index contributed by atoms with van der Waals surface area (Å²) in [5, 5.41) is 8.77. The molecule has 0 spiro atoms. The average molecular weight is 231 g/mol. The normalized spacial score (nSPS) is 10.2. The molecule has 1 aromatic rings. The van der Waals surface area contributed by atoms with Crippen LogP contribution in [0.3, 0.4) is 0 Å². The molecule has 0 aliphatic heterocycles. The molecule has 17 heavy (non-hydrogen) atoms. The predicted molar refractivity (Wildman–Crippen MR) is 67.8 cm³/mol. The van der Waals surface area contributed by atoms with Gasteiger partial charge in [-0.3, -0.25) is 0 Å². The highest BCUT2D eigenvalue weighted by Gasteiger charge is 2.03. The summed E-state index contributed by atoms with van der Waals surface area (Å²) in [7, 11) is 2.03. The quantitative estimate of drug-likeness (QED) is 0.603. The molecular weight excluding hydrogens is 214 g/mol. The lowest BCUT2D eigenvalue weighted by atomic mass is 10.1. The Bertz CT molecular complexity index is 403. The molecule has 0 radical (unpaired) electrons. The Balaban J connectivity index is 2.46. The van der Waals surface area contributed by atoms with Crippen molar-refractivity contribution in [1.29, 1.82) is 0 Å². The Kier molecular flexibility index (Phi) is 5.25. The van der Waals surface area contributed by atoms with Gasteiger partial charge in [-0.2, -0.15) is 0 Å². The first-order valence-electron chi connectivity index (χ1n) is 5.57. The summed E-state index contributed by atoms with van der Waals surface area (Å²) in [6.45, 7) is 1.76. The summed E-state index contributed by atoms with van der Waals surface area (Å²) in [5.41, 5.74) is 1.43. The highest BCUT2D eigenvalue weighted by molar-refractivity contribution is 5.87. The van der Waals surface area contributed by atoms with E-state index in [9.17, 15) is 4.79 Å². The standard InChI is InChI=1S/C14H17NO2/c1-3-4-5-10-15(2)11-12-6-8-13(9-7-12)14(16)17/h1,6-9H,4-5,10-11H2,2H3,(H,16,17). The Morgan fingerprint density at radius 2 is 2.06 bits per heavy atom. The van der Waals surface area contributed by atoms with Crippen LogP contribution in [0.15, 0.2) is 24.3 Å². The number of hydrogen-bond donors (Lipinski definition) is 1. The summed E-state index contributed by atoms with van der Waals surface area (Å²) in [6.07, 6.45) is 6.97. The second-order valence-corrected chi connectivity index (χ2v) is 4.05. The first kappa shape index (κ1) is 13.3. The van der Waals surface area contributed by atoms with E-state index in [1.165, 1.54) is 0 Å². The van der Waals surface area contributed by atoms with E-state index in [-0.39, 0.29) is 0 Å². The summed E-state index contributed by atoms with van der Waals surface area (Å²) in [6, 6.07) is 6.96. The van der Waals surface area contributed by atoms with Crippen molar-refractivity contribution >= 4 is 5.97 Å².